The molecule has 0 spiro atoms. The van der Waals surface area contributed by atoms with Crippen LogP contribution in [0, 0.1) is 17.1 Å². The lowest BCUT2D eigenvalue weighted by atomic mass is 10.2. The minimum atomic E-state index is -0.545. The molecular formula is C14H18FN3O. The van der Waals surface area contributed by atoms with Crippen molar-refractivity contribution in [2.75, 3.05) is 5.32 Å². The minimum absolute atomic E-state index is 0.0857. The number of nitrogens with one attached hydrogen (secondary N) is 2. The Morgan fingerprint density at radius 2 is 2.16 bits per heavy atom. The molecule has 0 fully saturated rings. The van der Waals surface area contributed by atoms with Crippen LogP contribution in [0.4, 0.5) is 10.1 Å². The number of nitriles is 1. The second-order valence-corrected chi connectivity index (χ2v) is 4.49. The molecule has 2 atom stereocenters. The van der Waals surface area contributed by atoms with Gasteiger partial charge in [0.1, 0.15) is 11.9 Å². The van der Waals surface area contributed by atoms with E-state index in [1.807, 2.05) is 19.9 Å². The van der Waals surface area contributed by atoms with Gasteiger partial charge >= 0.3 is 0 Å². The van der Waals surface area contributed by atoms with Crippen molar-refractivity contribution in [2.24, 2.45) is 0 Å². The molecule has 0 aromatic heterocycles. The van der Waals surface area contributed by atoms with Gasteiger partial charge in [0, 0.05) is 6.04 Å². The number of halogens is 1. The smallest absolute Gasteiger partial charge is 0.242 e. The first-order chi connectivity index (χ1) is 8.97. The Balaban J connectivity index is 2.69. The lowest BCUT2D eigenvalue weighted by Crippen LogP contribution is -2.42. The number of carbonyl (C=O) groups excluding carboxylic acids is 1. The number of carbonyl (C=O) groups is 1. The summed E-state index contributed by atoms with van der Waals surface area (Å²) in [6.07, 6.45) is 0.837. The molecule has 0 bridgehead atoms. The van der Waals surface area contributed by atoms with Gasteiger partial charge in [-0.05, 0) is 38.5 Å². The molecule has 1 aromatic carbocycles. The van der Waals surface area contributed by atoms with Crippen LogP contribution in [0.2, 0.25) is 0 Å². The van der Waals surface area contributed by atoms with E-state index in [0.29, 0.717) is 0 Å². The van der Waals surface area contributed by atoms with Crippen LogP contribution in [0.3, 0.4) is 0 Å². The Labute approximate surface area is 112 Å². The third-order valence-electron chi connectivity index (χ3n) is 2.86. The van der Waals surface area contributed by atoms with Gasteiger partial charge in [0.25, 0.3) is 0 Å². The third kappa shape index (κ3) is 4.25. The van der Waals surface area contributed by atoms with E-state index in [1.54, 1.807) is 6.92 Å². The Hall–Kier alpha value is -2.09. The summed E-state index contributed by atoms with van der Waals surface area (Å²) in [5, 5.41) is 14.3. The molecule has 1 amide bonds. The van der Waals surface area contributed by atoms with Crippen LogP contribution in [0.1, 0.15) is 32.8 Å². The fourth-order valence-corrected chi connectivity index (χ4v) is 1.47. The predicted molar refractivity (Wildman–Crippen MR) is 72.1 cm³/mol. The van der Waals surface area contributed by atoms with E-state index < -0.39 is 11.9 Å². The lowest BCUT2D eigenvalue weighted by Gasteiger charge is -2.18. The molecule has 2 unspecified atom stereocenters. The summed E-state index contributed by atoms with van der Waals surface area (Å²) in [6, 6.07) is 5.50. The van der Waals surface area contributed by atoms with Crippen LogP contribution < -0.4 is 10.6 Å². The van der Waals surface area contributed by atoms with Crippen LogP contribution >= 0.6 is 0 Å². The number of anilines is 1. The van der Waals surface area contributed by atoms with Gasteiger partial charge in [-0.15, -0.1) is 0 Å². The first-order valence-electron chi connectivity index (χ1n) is 6.24. The fraction of sp³-hybridized carbons (Fsp3) is 0.429. The predicted octanol–water partition coefficient (Wildman–Crippen LogP) is 2.41. The van der Waals surface area contributed by atoms with Crippen molar-refractivity contribution in [3.8, 4) is 6.07 Å². The first-order valence-corrected chi connectivity index (χ1v) is 6.24. The van der Waals surface area contributed by atoms with E-state index in [9.17, 15) is 9.18 Å². The number of hydrogen-bond acceptors (Lipinski definition) is 3. The van der Waals surface area contributed by atoms with Crippen molar-refractivity contribution in [3.63, 3.8) is 0 Å². The maximum atomic E-state index is 13.6. The molecule has 0 saturated carbocycles. The monoisotopic (exact) mass is 263 g/mol. The maximum absolute atomic E-state index is 13.6. The largest absolute Gasteiger partial charge is 0.372 e. The van der Waals surface area contributed by atoms with E-state index in [0.717, 1.165) is 12.5 Å². The highest BCUT2D eigenvalue weighted by atomic mass is 19.1. The van der Waals surface area contributed by atoms with Crippen molar-refractivity contribution in [1.82, 2.24) is 5.32 Å². The van der Waals surface area contributed by atoms with Gasteiger partial charge in [-0.3, -0.25) is 4.79 Å². The number of nitrogens with zero attached hydrogens (tertiary/aromatic N) is 1. The van der Waals surface area contributed by atoms with Crippen LogP contribution in [-0.4, -0.2) is 18.0 Å². The third-order valence-corrected chi connectivity index (χ3v) is 2.86. The zero-order valence-corrected chi connectivity index (χ0v) is 11.3. The van der Waals surface area contributed by atoms with Crippen LogP contribution in [0.25, 0.3) is 0 Å². The molecule has 0 aliphatic rings. The maximum Gasteiger partial charge on any atom is 0.242 e. The van der Waals surface area contributed by atoms with Crippen molar-refractivity contribution in [3.05, 3.63) is 29.6 Å². The van der Waals surface area contributed by atoms with Crippen LogP contribution in [0.5, 0.6) is 0 Å². The summed E-state index contributed by atoms with van der Waals surface area (Å²) in [5.74, 6) is -0.722. The van der Waals surface area contributed by atoms with E-state index in [1.165, 1.54) is 12.1 Å². The minimum Gasteiger partial charge on any atom is -0.372 e. The van der Waals surface area contributed by atoms with Gasteiger partial charge in [-0.2, -0.15) is 5.26 Å². The molecule has 5 heteroatoms. The normalized spacial score (nSPS) is 13.2. The van der Waals surface area contributed by atoms with Gasteiger partial charge in [-0.25, -0.2) is 4.39 Å². The van der Waals surface area contributed by atoms with Gasteiger partial charge < -0.3 is 10.6 Å². The molecule has 0 heterocycles. The molecule has 0 aliphatic carbocycles. The topological polar surface area (TPSA) is 64.9 Å². The van der Waals surface area contributed by atoms with Gasteiger partial charge in [0.15, 0.2) is 0 Å². The summed E-state index contributed by atoms with van der Waals surface area (Å²) in [6.45, 7) is 5.55. The van der Waals surface area contributed by atoms with Crippen molar-refractivity contribution in [1.29, 1.82) is 5.26 Å². The first kappa shape index (κ1) is 15.0. The second-order valence-electron chi connectivity index (χ2n) is 4.49. The van der Waals surface area contributed by atoms with Crippen molar-refractivity contribution < 1.29 is 9.18 Å². The van der Waals surface area contributed by atoms with Crippen LogP contribution in [-0.2, 0) is 4.79 Å². The molecule has 19 heavy (non-hydrogen) atoms. The number of hydrogen-bond donors (Lipinski definition) is 2. The molecule has 0 aliphatic heterocycles. The molecule has 1 rings (SSSR count). The average molecular weight is 263 g/mol. The lowest BCUT2D eigenvalue weighted by molar-refractivity contribution is -0.122. The average Bonchev–Trinajstić information content (AvgIpc) is 2.40. The summed E-state index contributed by atoms with van der Waals surface area (Å²) >= 11 is 0. The second kappa shape index (κ2) is 6.74. The summed E-state index contributed by atoms with van der Waals surface area (Å²) in [7, 11) is 0. The van der Waals surface area contributed by atoms with Gasteiger partial charge in [-0.1, -0.05) is 6.92 Å². The number of amides is 1. The highest BCUT2D eigenvalue weighted by Crippen LogP contribution is 2.16. The van der Waals surface area contributed by atoms with Crippen molar-refractivity contribution >= 4 is 11.6 Å². The van der Waals surface area contributed by atoms with Crippen molar-refractivity contribution in [2.45, 2.75) is 39.3 Å². The molecule has 2 N–H and O–H groups in total. The number of rotatable bonds is 5. The Morgan fingerprint density at radius 1 is 1.47 bits per heavy atom. The summed E-state index contributed by atoms with van der Waals surface area (Å²) < 4.78 is 13.6. The van der Waals surface area contributed by atoms with Gasteiger partial charge in [0.2, 0.25) is 5.91 Å². The van der Waals surface area contributed by atoms with E-state index in [4.69, 9.17) is 5.26 Å². The van der Waals surface area contributed by atoms with E-state index in [-0.39, 0.29) is 23.2 Å². The summed E-state index contributed by atoms with van der Waals surface area (Å²) in [4.78, 5) is 11.8. The van der Waals surface area contributed by atoms with E-state index in [2.05, 4.69) is 10.6 Å². The molecule has 1 aromatic rings. The van der Waals surface area contributed by atoms with E-state index >= 15 is 0 Å². The Morgan fingerprint density at radius 3 is 2.68 bits per heavy atom. The zero-order chi connectivity index (χ0) is 14.4. The molecule has 0 radical (unpaired) electrons. The van der Waals surface area contributed by atoms with Crippen LogP contribution in [0.15, 0.2) is 18.2 Å². The zero-order valence-electron chi connectivity index (χ0n) is 11.3. The SMILES string of the molecule is CCC(C)NC(=O)C(C)Nc1ccc(C#N)cc1F. The fourth-order valence-electron chi connectivity index (χ4n) is 1.47. The highest BCUT2D eigenvalue weighted by molar-refractivity contribution is 5.84. The number of benzene rings is 1. The molecule has 4 nitrogen and oxygen atoms in total. The van der Waals surface area contributed by atoms with Gasteiger partial charge in [0.05, 0.1) is 17.3 Å². The Bertz CT molecular complexity index is 496. The standard InChI is InChI=1S/C14H18FN3O/c1-4-9(2)17-14(19)10(3)18-13-6-5-11(8-16)7-12(13)15/h5-7,9-10,18H,4H2,1-3H3,(H,17,19). The molecule has 102 valence electrons. The summed E-state index contributed by atoms with van der Waals surface area (Å²) in [5.41, 5.74) is 0.463. The molecular weight excluding hydrogens is 245 g/mol. The molecule has 0 saturated heterocycles. The Kier molecular flexibility index (Phi) is 5.31. The quantitative estimate of drug-likeness (QED) is 0.857. The highest BCUT2D eigenvalue weighted by Gasteiger charge is 2.15.